The summed E-state index contributed by atoms with van der Waals surface area (Å²) in [6, 6.07) is 0.249. The van der Waals surface area contributed by atoms with Gasteiger partial charge in [-0.05, 0) is 31.4 Å². The smallest absolute Gasteiger partial charge is 0.243 e. The second-order valence-corrected chi connectivity index (χ2v) is 5.38. The van der Waals surface area contributed by atoms with Crippen molar-refractivity contribution in [3.05, 3.63) is 30.6 Å². The quantitative estimate of drug-likeness (QED) is 0.824. The first-order valence-electron chi connectivity index (χ1n) is 7.29. The Bertz CT molecular complexity index is 523. The van der Waals surface area contributed by atoms with E-state index >= 15 is 0 Å². The normalized spacial score (nSPS) is 18.3. The molecule has 0 aliphatic carbocycles. The number of carbonyl (C=O) groups excluding carboxylic acids is 2. The van der Waals surface area contributed by atoms with Crippen molar-refractivity contribution >= 4 is 11.8 Å². The Labute approximate surface area is 124 Å². The van der Waals surface area contributed by atoms with Crippen LogP contribution in [0.1, 0.15) is 30.9 Å². The highest BCUT2D eigenvalue weighted by molar-refractivity contribution is 5.87. The first-order valence-corrected chi connectivity index (χ1v) is 7.29. The zero-order valence-corrected chi connectivity index (χ0v) is 12.4. The molecule has 1 atom stereocenters. The number of nitrogens with one attached hydrogen (secondary N) is 1. The van der Waals surface area contributed by atoms with Gasteiger partial charge in [-0.25, -0.2) is 0 Å². The van der Waals surface area contributed by atoms with E-state index in [1.807, 2.05) is 28.9 Å². The van der Waals surface area contributed by atoms with E-state index < -0.39 is 0 Å². The maximum absolute atomic E-state index is 12.2. The lowest BCUT2D eigenvalue weighted by atomic mass is 10.1. The zero-order chi connectivity index (χ0) is 15.2. The van der Waals surface area contributed by atoms with Crippen LogP contribution < -0.4 is 5.32 Å². The monoisotopic (exact) mass is 290 g/mol. The standard InChI is InChI=1S/C15H22N4O2/c1-3-14(20)16-7-6-15(21)18-8-4-5-13(11-18)19-10-12(2)9-17-19/h3,9-10,13H,1,4-8,11H2,2H3,(H,16,20). The molecule has 6 nitrogen and oxygen atoms in total. The van der Waals surface area contributed by atoms with Gasteiger partial charge in [-0.2, -0.15) is 5.10 Å². The molecule has 2 rings (SSSR count). The van der Waals surface area contributed by atoms with Gasteiger partial charge in [0.15, 0.2) is 0 Å². The Hall–Kier alpha value is -2.11. The van der Waals surface area contributed by atoms with E-state index in [9.17, 15) is 9.59 Å². The van der Waals surface area contributed by atoms with Crippen LogP contribution in [0.2, 0.25) is 0 Å². The van der Waals surface area contributed by atoms with Gasteiger partial charge in [0.25, 0.3) is 0 Å². The number of hydrogen-bond donors (Lipinski definition) is 1. The van der Waals surface area contributed by atoms with Crippen LogP contribution in [0.15, 0.2) is 25.0 Å². The first-order chi connectivity index (χ1) is 10.1. The van der Waals surface area contributed by atoms with Crippen LogP contribution in [0.3, 0.4) is 0 Å². The van der Waals surface area contributed by atoms with E-state index in [0.717, 1.165) is 24.9 Å². The first kappa shape index (κ1) is 15.3. The van der Waals surface area contributed by atoms with Crippen LogP contribution in [0.4, 0.5) is 0 Å². The van der Waals surface area contributed by atoms with Crippen molar-refractivity contribution in [2.75, 3.05) is 19.6 Å². The number of nitrogens with zero attached hydrogens (tertiary/aromatic N) is 3. The lowest BCUT2D eigenvalue weighted by molar-refractivity contribution is -0.132. The fourth-order valence-electron chi connectivity index (χ4n) is 2.55. The molecule has 1 aromatic rings. The molecule has 0 radical (unpaired) electrons. The second kappa shape index (κ2) is 7.06. The molecule has 0 aromatic carbocycles. The number of amides is 2. The summed E-state index contributed by atoms with van der Waals surface area (Å²) in [5, 5.41) is 6.97. The number of likely N-dealkylation sites (tertiary alicyclic amines) is 1. The van der Waals surface area contributed by atoms with Crippen molar-refractivity contribution in [3.63, 3.8) is 0 Å². The summed E-state index contributed by atoms with van der Waals surface area (Å²) >= 11 is 0. The minimum absolute atomic E-state index is 0.0768. The second-order valence-electron chi connectivity index (χ2n) is 5.38. The van der Waals surface area contributed by atoms with Gasteiger partial charge in [0.1, 0.15) is 0 Å². The summed E-state index contributed by atoms with van der Waals surface area (Å²) in [6.07, 6.45) is 7.41. The average molecular weight is 290 g/mol. The number of piperidine rings is 1. The molecule has 1 aliphatic rings. The summed E-state index contributed by atoms with van der Waals surface area (Å²) < 4.78 is 1.95. The molecule has 6 heteroatoms. The van der Waals surface area contributed by atoms with Crippen molar-refractivity contribution < 1.29 is 9.59 Å². The Morgan fingerprint density at radius 1 is 1.57 bits per heavy atom. The molecule has 21 heavy (non-hydrogen) atoms. The topological polar surface area (TPSA) is 67.2 Å². The Kier molecular flexibility index (Phi) is 5.14. The van der Waals surface area contributed by atoms with Gasteiger partial charge in [0, 0.05) is 32.3 Å². The van der Waals surface area contributed by atoms with Crippen molar-refractivity contribution in [3.8, 4) is 0 Å². The molecule has 2 amide bonds. The summed E-state index contributed by atoms with van der Waals surface area (Å²) in [6.45, 7) is 7.21. The van der Waals surface area contributed by atoms with Gasteiger partial charge in [-0.3, -0.25) is 14.3 Å². The number of rotatable bonds is 5. The zero-order valence-electron chi connectivity index (χ0n) is 12.4. The number of aryl methyl sites for hydroxylation is 1. The minimum Gasteiger partial charge on any atom is -0.352 e. The average Bonchev–Trinajstić information content (AvgIpc) is 2.93. The van der Waals surface area contributed by atoms with E-state index in [0.29, 0.717) is 19.5 Å². The molecule has 114 valence electrons. The van der Waals surface area contributed by atoms with Crippen LogP contribution >= 0.6 is 0 Å². The third-order valence-electron chi connectivity index (χ3n) is 3.68. The maximum Gasteiger partial charge on any atom is 0.243 e. The van der Waals surface area contributed by atoms with Gasteiger partial charge in [0.2, 0.25) is 11.8 Å². The Balaban J connectivity index is 1.84. The highest BCUT2D eigenvalue weighted by Gasteiger charge is 2.24. The third-order valence-corrected chi connectivity index (χ3v) is 3.68. The maximum atomic E-state index is 12.2. The Morgan fingerprint density at radius 3 is 3.05 bits per heavy atom. The summed E-state index contributed by atoms with van der Waals surface area (Å²) in [7, 11) is 0. The summed E-state index contributed by atoms with van der Waals surface area (Å²) in [4.78, 5) is 25.1. The molecular weight excluding hydrogens is 268 g/mol. The molecular formula is C15H22N4O2. The molecule has 1 N–H and O–H groups in total. The molecule has 1 aromatic heterocycles. The molecule has 0 saturated carbocycles. The molecule has 1 unspecified atom stereocenters. The van der Waals surface area contributed by atoms with Gasteiger partial charge in [-0.1, -0.05) is 6.58 Å². The fraction of sp³-hybridized carbons (Fsp3) is 0.533. The molecule has 0 bridgehead atoms. The van der Waals surface area contributed by atoms with Gasteiger partial charge in [0.05, 0.1) is 12.2 Å². The highest BCUT2D eigenvalue weighted by Crippen LogP contribution is 2.21. The van der Waals surface area contributed by atoms with Crippen molar-refractivity contribution in [1.82, 2.24) is 20.0 Å². The lowest BCUT2D eigenvalue weighted by Crippen LogP contribution is -2.42. The summed E-state index contributed by atoms with van der Waals surface area (Å²) in [5.74, 6) is -0.167. The van der Waals surface area contributed by atoms with E-state index in [2.05, 4.69) is 17.0 Å². The van der Waals surface area contributed by atoms with Gasteiger partial charge < -0.3 is 10.2 Å². The fourth-order valence-corrected chi connectivity index (χ4v) is 2.55. The number of hydrogen-bond acceptors (Lipinski definition) is 3. The van der Waals surface area contributed by atoms with Crippen LogP contribution in [0, 0.1) is 6.92 Å². The van der Waals surface area contributed by atoms with E-state index in [4.69, 9.17) is 0 Å². The Morgan fingerprint density at radius 2 is 2.38 bits per heavy atom. The number of carbonyl (C=O) groups is 2. The third kappa shape index (κ3) is 4.18. The molecule has 1 saturated heterocycles. The van der Waals surface area contributed by atoms with Crippen molar-refractivity contribution in [1.29, 1.82) is 0 Å². The van der Waals surface area contributed by atoms with Gasteiger partial charge >= 0.3 is 0 Å². The largest absolute Gasteiger partial charge is 0.352 e. The van der Waals surface area contributed by atoms with E-state index in [1.165, 1.54) is 6.08 Å². The van der Waals surface area contributed by atoms with Crippen LogP contribution in [-0.2, 0) is 9.59 Å². The van der Waals surface area contributed by atoms with E-state index in [-0.39, 0.29) is 17.9 Å². The van der Waals surface area contributed by atoms with E-state index in [1.54, 1.807) is 0 Å². The van der Waals surface area contributed by atoms with Gasteiger partial charge in [-0.15, -0.1) is 0 Å². The predicted molar refractivity (Wildman–Crippen MR) is 79.6 cm³/mol. The SMILES string of the molecule is C=CC(=O)NCCC(=O)N1CCCC(n2cc(C)cn2)C1. The lowest BCUT2D eigenvalue weighted by Gasteiger charge is -2.33. The number of aromatic nitrogens is 2. The van der Waals surface area contributed by atoms with Crippen molar-refractivity contribution in [2.45, 2.75) is 32.2 Å². The van der Waals surface area contributed by atoms with Crippen LogP contribution in [0.5, 0.6) is 0 Å². The van der Waals surface area contributed by atoms with Crippen LogP contribution in [-0.4, -0.2) is 46.1 Å². The minimum atomic E-state index is -0.244. The summed E-state index contributed by atoms with van der Waals surface area (Å²) in [5.41, 5.74) is 1.13. The predicted octanol–water partition coefficient (Wildman–Crippen LogP) is 1.05. The molecule has 0 spiro atoms. The van der Waals surface area contributed by atoms with Crippen molar-refractivity contribution in [2.24, 2.45) is 0 Å². The highest BCUT2D eigenvalue weighted by atomic mass is 16.2. The van der Waals surface area contributed by atoms with Crippen LogP contribution in [0.25, 0.3) is 0 Å². The molecule has 2 heterocycles. The molecule has 1 aliphatic heterocycles. The molecule has 1 fully saturated rings.